The van der Waals surface area contributed by atoms with E-state index < -0.39 is 0 Å². The highest BCUT2D eigenvalue weighted by Crippen LogP contribution is 2.61. The van der Waals surface area contributed by atoms with Crippen LogP contribution < -0.4 is 5.32 Å². The van der Waals surface area contributed by atoms with E-state index in [1.54, 1.807) is 4.80 Å². The van der Waals surface area contributed by atoms with Gasteiger partial charge in [0.1, 0.15) is 11.0 Å². The fourth-order valence-corrected chi connectivity index (χ4v) is 6.72. The molecular weight excluding hydrogens is 360 g/mol. The lowest BCUT2D eigenvalue weighted by atomic mass is 9.49. The first-order valence-corrected chi connectivity index (χ1v) is 10.9. The van der Waals surface area contributed by atoms with Crippen molar-refractivity contribution in [3.05, 3.63) is 48.5 Å². The molecule has 0 radical (unpaired) electrons. The summed E-state index contributed by atoms with van der Waals surface area (Å²) in [4.78, 5) is 14.6. The van der Waals surface area contributed by atoms with Gasteiger partial charge in [0.05, 0.1) is 5.69 Å². The SMILES string of the molecule is O=C(CC12CC3CC(CC(C3)C1)C2)Nc1ccc2nn(-c3ccccc3)nc2c1. The average molecular weight is 386 g/mol. The van der Waals surface area contributed by atoms with Crippen LogP contribution in [0.15, 0.2) is 48.5 Å². The van der Waals surface area contributed by atoms with Crippen molar-refractivity contribution >= 4 is 22.6 Å². The van der Waals surface area contributed by atoms with Gasteiger partial charge in [-0.3, -0.25) is 4.79 Å². The molecule has 1 aromatic heterocycles. The topological polar surface area (TPSA) is 59.8 Å². The number of carbonyl (C=O) groups excluding carboxylic acids is 1. The highest BCUT2D eigenvalue weighted by atomic mass is 16.1. The fourth-order valence-electron chi connectivity index (χ4n) is 6.72. The summed E-state index contributed by atoms with van der Waals surface area (Å²) in [6.07, 6.45) is 8.69. The normalized spacial score (nSPS) is 30.0. The minimum Gasteiger partial charge on any atom is -0.326 e. The molecule has 4 aliphatic carbocycles. The molecule has 1 N–H and O–H groups in total. The predicted octanol–water partition coefficient (Wildman–Crippen LogP) is 4.97. The van der Waals surface area contributed by atoms with Crippen molar-refractivity contribution in [3.63, 3.8) is 0 Å². The number of carbonyl (C=O) groups is 1. The molecule has 0 unspecified atom stereocenters. The maximum Gasteiger partial charge on any atom is 0.224 e. The third-order valence-corrected chi connectivity index (χ3v) is 7.35. The quantitative estimate of drug-likeness (QED) is 0.689. The van der Waals surface area contributed by atoms with E-state index in [0.29, 0.717) is 6.42 Å². The van der Waals surface area contributed by atoms with Gasteiger partial charge >= 0.3 is 0 Å². The Morgan fingerprint density at radius 3 is 2.28 bits per heavy atom. The van der Waals surface area contributed by atoms with Crippen molar-refractivity contribution in [2.75, 3.05) is 5.32 Å². The van der Waals surface area contributed by atoms with Crippen LogP contribution in [0.1, 0.15) is 44.9 Å². The fraction of sp³-hybridized carbons (Fsp3) is 0.458. The highest BCUT2D eigenvalue weighted by molar-refractivity contribution is 5.93. The molecule has 148 valence electrons. The molecule has 1 amide bonds. The van der Waals surface area contributed by atoms with Gasteiger partial charge in [-0.2, -0.15) is 4.80 Å². The van der Waals surface area contributed by atoms with E-state index in [1.165, 1.54) is 38.5 Å². The smallest absolute Gasteiger partial charge is 0.224 e. The molecule has 0 atom stereocenters. The lowest BCUT2D eigenvalue weighted by Gasteiger charge is -2.56. The summed E-state index contributed by atoms with van der Waals surface area (Å²) >= 11 is 0. The van der Waals surface area contributed by atoms with Gasteiger partial charge in [0.25, 0.3) is 0 Å². The average Bonchev–Trinajstić information content (AvgIpc) is 3.10. The van der Waals surface area contributed by atoms with Gasteiger partial charge < -0.3 is 5.32 Å². The molecule has 5 heteroatoms. The van der Waals surface area contributed by atoms with E-state index in [2.05, 4.69) is 15.5 Å². The third kappa shape index (κ3) is 3.13. The number of hydrogen-bond acceptors (Lipinski definition) is 3. The zero-order chi connectivity index (χ0) is 19.4. The number of benzene rings is 2. The van der Waals surface area contributed by atoms with E-state index in [1.807, 2.05) is 48.5 Å². The van der Waals surface area contributed by atoms with E-state index in [-0.39, 0.29) is 11.3 Å². The number of anilines is 1. The lowest BCUT2D eigenvalue weighted by molar-refractivity contribution is -0.124. The Morgan fingerprint density at radius 1 is 0.931 bits per heavy atom. The Morgan fingerprint density at radius 2 is 1.59 bits per heavy atom. The summed E-state index contributed by atoms with van der Waals surface area (Å²) in [5.41, 5.74) is 3.62. The van der Waals surface area contributed by atoms with E-state index in [9.17, 15) is 4.79 Å². The van der Waals surface area contributed by atoms with Gasteiger partial charge in [0.2, 0.25) is 5.91 Å². The van der Waals surface area contributed by atoms with Crippen molar-refractivity contribution in [2.24, 2.45) is 23.2 Å². The van der Waals surface area contributed by atoms with Crippen LogP contribution in [0.3, 0.4) is 0 Å². The van der Waals surface area contributed by atoms with Crippen LogP contribution in [0.2, 0.25) is 0 Å². The zero-order valence-electron chi connectivity index (χ0n) is 16.6. The Labute approximate surface area is 170 Å². The Hall–Kier alpha value is -2.69. The first-order chi connectivity index (χ1) is 14.1. The highest BCUT2D eigenvalue weighted by Gasteiger charge is 2.51. The second kappa shape index (κ2) is 6.41. The molecule has 29 heavy (non-hydrogen) atoms. The number of hydrogen-bond donors (Lipinski definition) is 1. The standard InChI is InChI=1S/C24H26N4O/c29-23(15-24-12-16-8-17(13-24)10-18(9-16)14-24)25-19-6-7-21-22(11-19)27-28(26-21)20-4-2-1-3-5-20/h1-7,11,16-18H,8-10,12-15H2,(H,25,29). The Bertz CT molecular complexity index is 1040. The van der Waals surface area contributed by atoms with E-state index in [4.69, 9.17) is 0 Å². The summed E-state index contributed by atoms with van der Waals surface area (Å²) in [6, 6.07) is 15.7. The molecule has 0 saturated heterocycles. The van der Waals surface area contributed by atoms with Crippen LogP contribution in [0.5, 0.6) is 0 Å². The van der Waals surface area contributed by atoms with Gasteiger partial charge in [-0.25, -0.2) is 0 Å². The van der Waals surface area contributed by atoms with Gasteiger partial charge in [0.15, 0.2) is 0 Å². The van der Waals surface area contributed by atoms with Crippen molar-refractivity contribution in [2.45, 2.75) is 44.9 Å². The molecule has 3 aromatic rings. The summed E-state index contributed by atoms with van der Waals surface area (Å²) in [6.45, 7) is 0. The summed E-state index contributed by atoms with van der Waals surface area (Å²) in [5, 5.41) is 12.3. The Kier molecular flexibility index (Phi) is 3.80. The predicted molar refractivity (Wildman–Crippen MR) is 113 cm³/mol. The Balaban J connectivity index is 1.19. The molecule has 4 fully saturated rings. The summed E-state index contributed by atoms with van der Waals surface area (Å²) in [7, 11) is 0. The molecule has 5 nitrogen and oxygen atoms in total. The number of nitrogens with one attached hydrogen (secondary N) is 1. The largest absolute Gasteiger partial charge is 0.326 e. The monoisotopic (exact) mass is 386 g/mol. The van der Waals surface area contributed by atoms with Gasteiger partial charge in [-0.1, -0.05) is 18.2 Å². The molecule has 4 saturated carbocycles. The molecule has 7 rings (SSSR count). The van der Waals surface area contributed by atoms with Gasteiger partial charge in [-0.15, -0.1) is 10.2 Å². The molecule has 0 aliphatic heterocycles. The maximum absolute atomic E-state index is 12.9. The second-order valence-electron chi connectivity index (χ2n) is 9.67. The van der Waals surface area contributed by atoms with Gasteiger partial charge in [-0.05, 0) is 92.0 Å². The number of rotatable bonds is 4. The van der Waals surface area contributed by atoms with Crippen LogP contribution in [-0.4, -0.2) is 20.9 Å². The molecular formula is C24H26N4O. The van der Waals surface area contributed by atoms with Crippen LogP contribution >= 0.6 is 0 Å². The summed E-state index contributed by atoms with van der Waals surface area (Å²) < 4.78 is 0. The molecule has 4 aliphatic rings. The first kappa shape index (κ1) is 17.2. The van der Waals surface area contributed by atoms with Crippen molar-refractivity contribution in [3.8, 4) is 5.69 Å². The van der Waals surface area contributed by atoms with Gasteiger partial charge in [0, 0.05) is 12.1 Å². The first-order valence-electron chi connectivity index (χ1n) is 10.9. The zero-order valence-corrected chi connectivity index (χ0v) is 16.6. The lowest BCUT2D eigenvalue weighted by Crippen LogP contribution is -2.47. The third-order valence-electron chi connectivity index (χ3n) is 7.35. The minimum atomic E-state index is 0.154. The molecule has 1 heterocycles. The van der Waals surface area contributed by atoms with Crippen LogP contribution in [0.4, 0.5) is 5.69 Å². The maximum atomic E-state index is 12.9. The van der Waals surface area contributed by atoms with Crippen molar-refractivity contribution < 1.29 is 4.79 Å². The number of nitrogens with zero attached hydrogens (tertiary/aromatic N) is 3. The van der Waals surface area contributed by atoms with Crippen LogP contribution in [0, 0.1) is 23.2 Å². The number of amides is 1. The summed E-state index contributed by atoms with van der Waals surface area (Å²) in [5.74, 6) is 2.78. The number of para-hydroxylation sites is 1. The van der Waals surface area contributed by atoms with E-state index >= 15 is 0 Å². The van der Waals surface area contributed by atoms with E-state index in [0.717, 1.165) is 40.2 Å². The number of aromatic nitrogens is 3. The molecule has 0 spiro atoms. The van der Waals surface area contributed by atoms with Crippen LogP contribution in [-0.2, 0) is 4.79 Å². The second-order valence-corrected chi connectivity index (χ2v) is 9.67. The molecule has 4 bridgehead atoms. The van der Waals surface area contributed by atoms with Crippen molar-refractivity contribution in [1.29, 1.82) is 0 Å². The molecule has 2 aromatic carbocycles. The van der Waals surface area contributed by atoms with Crippen LogP contribution in [0.25, 0.3) is 16.7 Å². The number of fused-ring (bicyclic) bond motifs is 1. The van der Waals surface area contributed by atoms with Crippen molar-refractivity contribution in [1.82, 2.24) is 15.0 Å². The minimum absolute atomic E-state index is 0.154.